The molecule has 0 atom stereocenters. The maximum absolute atomic E-state index is 5.55. The smallest absolute Gasteiger partial charge is 0.147 e. The number of benzene rings is 1. The Bertz CT molecular complexity index is 570. The number of nitrogens with one attached hydrogen (secondary N) is 1. The molecule has 0 spiro atoms. The minimum Gasteiger partial charge on any atom is -0.308 e. The minimum atomic E-state index is 0.277. The lowest BCUT2D eigenvalue weighted by molar-refractivity contribution is 0.749. The first-order chi connectivity index (χ1) is 9.61. The van der Waals surface area contributed by atoms with Gasteiger partial charge in [-0.2, -0.15) is 0 Å². The Morgan fingerprint density at radius 1 is 1.20 bits per heavy atom. The number of thioether (sulfide) groups is 1. The van der Waals surface area contributed by atoms with Crippen LogP contribution in [0.2, 0.25) is 0 Å². The molecule has 0 aliphatic rings. The fourth-order valence-electron chi connectivity index (χ4n) is 1.78. The predicted molar refractivity (Wildman–Crippen MR) is 84.7 cm³/mol. The summed E-state index contributed by atoms with van der Waals surface area (Å²) in [7, 11) is 0. The van der Waals surface area contributed by atoms with Crippen LogP contribution in [0, 0.1) is 6.92 Å². The molecule has 0 amide bonds. The van der Waals surface area contributed by atoms with E-state index in [9.17, 15) is 0 Å². The van der Waals surface area contributed by atoms with Crippen molar-refractivity contribution in [1.82, 2.24) is 9.97 Å². The molecule has 5 heteroatoms. The molecule has 0 aliphatic carbocycles. The lowest BCUT2D eigenvalue weighted by Crippen LogP contribution is -2.13. The molecule has 0 fully saturated rings. The van der Waals surface area contributed by atoms with Gasteiger partial charge in [-0.25, -0.2) is 15.8 Å². The quantitative estimate of drug-likeness (QED) is 0.382. The van der Waals surface area contributed by atoms with Crippen molar-refractivity contribution in [2.75, 3.05) is 5.43 Å². The molecular formula is C15H20N4S. The zero-order chi connectivity index (χ0) is 14.5. The van der Waals surface area contributed by atoms with E-state index in [1.54, 1.807) is 11.8 Å². The third-order valence-corrected chi connectivity index (χ3v) is 4.14. The van der Waals surface area contributed by atoms with E-state index in [2.05, 4.69) is 53.5 Å². The van der Waals surface area contributed by atoms with Gasteiger partial charge in [0.1, 0.15) is 16.7 Å². The van der Waals surface area contributed by atoms with Crippen molar-refractivity contribution >= 4 is 17.6 Å². The van der Waals surface area contributed by atoms with Crippen molar-refractivity contribution in [3.8, 4) is 0 Å². The Morgan fingerprint density at radius 3 is 2.50 bits per heavy atom. The highest BCUT2D eigenvalue weighted by Crippen LogP contribution is 2.28. The van der Waals surface area contributed by atoms with E-state index in [0.717, 1.165) is 22.2 Å². The normalized spacial score (nSPS) is 10.8. The van der Waals surface area contributed by atoms with Crippen LogP contribution in [0.1, 0.15) is 36.7 Å². The average Bonchev–Trinajstić information content (AvgIpc) is 2.47. The molecule has 0 radical (unpaired) electrons. The fraction of sp³-hybridized carbons (Fsp3) is 0.333. The van der Waals surface area contributed by atoms with Gasteiger partial charge in [0.15, 0.2) is 0 Å². The van der Waals surface area contributed by atoms with E-state index in [0.29, 0.717) is 5.82 Å². The molecule has 2 rings (SSSR count). The standard InChI is InChI=1S/C15H20N4S/c1-10(2)13-17-14(19-16)11(3)15(18-13)20-9-12-7-5-4-6-8-12/h4-8,10H,9,16H2,1-3H3,(H,17,18,19). The average molecular weight is 288 g/mol. The topological polar surface area (TPSA) is 63.8 Å². The second-order valence-corrected chi connectivity index (χ2v) is 5.90. The summed E-state index contributed by atoms with van der Waals surface area (Å²) in [5.41, 5.74) is 4.94. The lowest BCUT2D eigenvalue weighted by atomic mass is 10.2. The second-order valence-electron chi connectivity index (χ2n) is 4.93. The molecule has 1 aromatic heterocycles. The molecule has 3 N–H and O–H groups in total. The number of nitrogens with two attached hydrogens (primary N) is 1. The van der Waals surface area contributed by atoms with Gasteiger partial charge in [0.2, 0.25) is 0 Å². The number of anilines is 1. The van der Waals surface area contributed by atoms with Crippen molar-refractivity contribution in [2.45, 2.75) is 37.5 Å². The largest absolute Gasteiger partial charge is 0.308 e. The molecule has 2 aromatic rings. The zero-order valence-corrected chi connectivity index (χ0v) is 12.9. The van der Waals surface area contributed by atoms with Crippen LogP contribution in [0.5, 0.6) is 0 Å². The van der Waals surface area contributed by atoms with E-state index in [1.807, 2.05) is 13.0 Å². The van der Waals surface area contributed by atoms with Crippen LogP contribution in [0.25, 0.3) is 0 Å². The van der Waals surface area contributed by atoms with Crippen LogP contribution in [0.3, 0.4) is 0 Å². The van der Waals surface area contributed by atoms with Crippen LogP contribution >= 0.6 is 11.8 Å². The van der Waals surface area contributed by atoms with Gasteiger partial charge in [-0.05, 0) is 12.5 Å². The van der Waals surface area contributed by atoms with Crippen molar-refractivity contribution in [1.29, 1.82) is 0 Å². The van der Waals surface area contributed by atoms with Crippen LogP contribution in [0.15, 0.2) is 35.4 Å². The van der Waals surface area contributed by atoms with Crippen molar-refractivity contribution in [2.24, 2.45) is 5.84 Å². The van der Waals surface area contributed by atoms with E-state index >= 15 is 0 Å². The maximum Gasteiger partial charge on any atom is 0.147 e. The first-order valence-corrected chi connectivity index (χ1v) is 7.62. The third-order valence-electron chi connectivity index (χ3n) is 2.99. The number of rotatable bonds is 5. The molecule has 106 valence electrons. The monoisotopic (exact) mass is 288 g/mol. The van der Waals surface area contributed by atoms with Crippen molar-refractivity contribution in [3.63, 3.8) is 0 Å². The molecule has 0 saturated heterocycles. The van der Waals surface area contributed by atoms with Gasteiger partial charge in [0, 0.05) is 17.2 Å². The molecule has 0 aliphatic heterocycles. The van der Waals surface area contributed by atoms with E-state index in [-0.39, 0.29) is 5.92 Å². The highest BCUT2D eigenvalue weighted by Gasteiger charge is 2.13. The summed E-state index contributed by atoms with van der Waals surface area (Å²) in [6.45, 7) is 6.15. The third kappa shape index (κ3) is 3.49. The molecule has 1 heterocycles. The number of hydrogen-bond acceptors (Lipinski definition) is 5. The fourth-order valence-corrected chi connectivity index (χ4v) is 2.74. The van der Waals surface area contributed by atoms with Gasteiger partial charge in [-0.3, -0.25) is 0 Å². The summed E-state index contributed by atoms with van der Waals surface area (Å²) in [5, 5.41) is 0.987. The van der Waals surface area contributed by atoms with Gasteiger partial charge in [-0.15, -0.1) is 11.8 Å². The van der Waals surface area contributed by atoms with Crippen LogP contribution < -0.4 is 11.3 Å². The number of hydrazine groups is 1. The minimum absolute atomic E-state index is 0.277. The molecule has 0 bridgehead atoms. The number of hydrogen-bond donors (Lipinski definition) is 2. The predicted octanol–water partition coefficient (Wildman–Crippen LogP) is 3.49. The van der Waals surface area contributed by atoms with E-state index in [1.165, 1.54) is 5.56 Å². The second kappa shape index (κ2) is 6.72. The first kappa shape index (κ1) is 14.8. The Balaban J connectivity index is 2.24. The summed E-state index contributed by atoms with van der Waals surface area (Å²) < 4.78 is 0. The summed E-state index contributed by atoms with van der Waals surface area (Å²) in [6, 6.07) is 10.4. The van der Waals surface area contributed by atoms with Gasteiger partial charge in [-0.1, -0.05) is 44.2 Å². The Kier molecular flexibility index (Phi) is 4.98. The first-order valence-electron chi connectivity index (χ1n) is 6.63. The molecule has 0 unspecified atom stereocenters. The summed E-state index contributed by atoms with van der Waals surface area (Å²) >= 11 is 1.71. The van der Waals surface area contributed by atoms with Gasteiger partial charge in [0.05, 0.1) is 0 Å². The summed E-state index contributed by atoms with van der Waals surface area (Å²) in [4.78, 5) is 9.10. The zero-order valence-electron chi connectivity index (χ0n) is 12.1. The number of nitrogen functional groups attached to an aromatic ring is 1. The van der Waals surface area contributed by atoms with Crippen LogP contribution in [-0.2, 0) is 5.75 Å². The van der Waals surface area contributed by atoms with E-state index < -0.39 is 0 Å². The Labute approximate surface area is 124 Å². The maximum atomic E-state index is 5.55. The van der Waals surface area contributed by atoms with Gasteiger partial charge in [0.25, 0.3) is 0 Å². The van der Waals surface area contributed by atoms with Gasteiger partial charge >= 0.3 is 0 Å². The van der Waals surface area contributed by atoms with Crippen LogP contribution in [0.4, 0.5) is 5.82 Å². The van der Waals surface area contributed by atoms with Gasteiger partial charge < -0.3 is 5.43 Å². The Hall–Kier alpha value is -1.59. The number of aromatic nitrogens is 2. The molecule has 4 nitrogen and oxygen atoms in total. The SMILES string of the molecule is Cc1c(NN)nc(C(C)C)nc1SCc1ccccc1. The lowest BCUT2D eigenvalue weighted by Gasteiger charge is -2.13. The molecule has 0 saturated carbocycles. The summed E-state index contributed by atoms with van der Waals surface area (Å²) in [6.07, 6.45) is 0. The Morgan fingerprint density at radius 2 is 1.90 bits per heavy atom. The van der Waals surface area contributed by atoms with E-state index in [4.69, 9.17) is 5.84 Å². The molecular weight excluding hydrogens is 268 g/mol. The van der Waals surface area contributed by atoms with Crippen molar-refractivity contribution < 1.29 is 0 Å². The highest BCUT2D eigenvalue weighted by molar-refractivity contribution is 7.98. The summed E-state index contributed by atoms with van der Waals surface area (Å²) in [5.74, 6) is 8.24. The highest BCUT2D eigenvalue weighted by atomic mass is 32.2. The molecule has 1 aromatic carbocycles. The number of nitrogens with zero attached hydrogens (tertiary/aromatic N) is 2. The van der Waals surface area contributed by atoms with Crippen LogP contribution in [-0.4, -0.2) is 9.97 Å². The van der Waals surface area contributed by atoms with Crippen molar-refractivity contribution in [3.05, 3.63) is 47.3 Å². The molecule has 20 heavy (non-hydrogen) atoms.